The number of carbonyl (C=O) groups excluding carboxylic acids is 2. The second-order valence-electron chi connectivity index (χ2n) is 5.89. The van der Waals surface area contributed by atoms with Gasteiger partial charge >= 0.3 is 0 Å². The van der Waals surface area contributed by atoms with Crippen LogP contribution in [0.2, 0.25) is 0 Å². The Kier molecular flexibility index (Phi) is 7.00. The summed E-state index contributed by atoms with van der Waals surface area (Å²) in [6.07, 6.45) is 2.16. The average molecular weight is 344 g/mol. The van der Waals surface area contributed by atoms with Crippen molar-refractivity contribution in [1.82, 2.24) is 10.6 Å². The van der Waals surface area contributed by atoms with Crippen LogP contribution >= 0.6 is 11.3 Å². The molecule has 24 heavy (non-hydrogen) atoms. The largest absolute Gasteiger partial charge is 0.352 e. The second-order valence-corrected chi connectivity index (χ2v) is 6.67. The molecule has 2 rings (SSSR count). The zero-order valence-electron chi connectivity index (χ0n) is 14.2. The van der Waals surface area contributed by atoms with E-state index in [0.717, 1.165) is 18.4 Å². The van der Waals surface area contributed by atoms with Gasteiger partial charge in [0.05, 0.1) is 0 Å². The van der Waals surface area contributed by atoms with Crippen molar-refractivity contribution >= 4 is 23.2 Å². The molecular formula is C19H24N2O2S. The number of rotatable bonds is 8. The number of carbonyl (C=O) groups is 2. The van der Waals surface area contributed by atoms with E-state index in [4.69, 9.17) is 0 Å². The first-order valence-electron chi connectivity index (χ1n) is 8.26. The van der Waals surface area contributed by atoms with Crippen LogP contribution in [0.3, 0.4) is 0 Å². The molecule has 0 fully saturated rings. The zero-order chi connectivity index (χ0) is 17.4. The van der Waals surface area contributed by atoms with E-state index in [1.165, 1.54) is 5.56 Å². The predicted octanol–water partition coefficient (Wildman–Crippen LogP) is 3.53. The second kappa shape index (κ2) is 9.23. The van der Waals surface area contributed by atoms with Crippen LogP contribution in [0.4, 0.5) is 0 Å². The fourth-order valence-electron chi connectivity index (χ4n) is 2.16. The summed E-state index contributed by atoms with van der Waals surface area (Å²) in [6.45, 7) is 4.50. The molecule has 4 nitrogen and oxygen atoms in total. The molecule has 5 heteroatoms. The lowest BCUT2D eigenvalue weighted by Crippen LogP contribution is -2.31. The van der Waals surface area contributed by atoms with E-state index >= 15 is 0 Å². The molecule has 2 aromatic rings. The zero-order valence-corrected chi connectivity index (χ0v) is 15.0. The molecule has 0 aliphatic rings. The highest BCUT2D eigenvalue weighted by Gasteiger charge is 2.08. The number of benzene rings is 1. The van der Waals surface area contributed by atoms with Crippen LogP contribution in [0.25, 0.3) is 0 Å². The number of nitrogens with one attached hydrogen (secondary N) is 2. The van der Waals surface area contributed by atoms with Gasteiger partial charge in [-0.05, 0) is 59.9 Å². The normalized spacial score (nSPS) is 11.8. The van der Waals surface area contributed by atoms with Crippen molar-refractivity contribution in [2.45, 2.75) is 45.7 Å². The van der Waals surface area contributed by atoms with E-state index in [9.17, 15) is 9.59 Å². The highest BCUT2D eigenvalue weighted by Crippen LogP contribution is 2.09. The Morgan fingerprint density at radius 3 is 2.50 bits per heavy atom. The van der Waals surface area contributed by atoms with Gasteiger partial charge in [0, 0.05) is 24.6 Å². The van der Waals surface area contributed by atoms with Gasteiger partial charge in [-0.1, -0.05) is 19.1 Å². The minimum absolute atomic E-state index is 0.0415. The Balaban J connectivity index is 1.76. The standard InChI is InChI=1S/C19H24N2O2S/c1-3-14(2)21-19(23)17-7-4-15(5-8-17)12-20-18(22)9-6-16-10-11-24-13-16/h4-5,7-8,10-11,13-14H,3,6,9,12H2,1-2H3,(H,20,22)(H,21,23). The first-order valence-corrected chi connectivity index (χ1v) is 9.20. The van der Waals surface area contributed by atoms with Crippen molar-refractivity contribution in [3.05, 3.63) is 57.8 Å². The molecule has 0 aliphatic carbocycles. The summed E-state index contributed by atoms with van der Waals surface area (Å²) in [7, 11) is 0. The Hall–Kier alpha value is -2.14. The molecule has 0 aliphatic heterocycles. The molecule has 2 amide bonds. The van der Waals surface area contributed by atoms with E-state index in [1.807, 2.05) is 37.4 Å². The number of aryl methyl sites for hydroxylation is 1. The van der Waals surface area contributed by atoms with E-state index in [0.29, 0.717) is 18.5 Å². The van der Waals surface area contributed by atoms with E-state index in [2.05, 4.69) is 16.0 Å². The molecule has 1 unspecified atom stereocenters. The van der Waals surface area contributed by atoms with Gasteiger partial charge < -0.3 is 10.6 Å². The average Bonchev–Trinajstić information content (AvgIpc) is 3.12. The van der Waals surface area contributed by atoms with Crippen molar-refractivity contribution in [2.24, 2.45) is 0 Å². The first kappa shape index (κ1) is 18.2. The van der Waals surface area contributed by atoms with Crippen molar-refractivity contribution < 1.29 is 9.59 Å². The summed E-state index contributed by atoms with van der Waals surface area (Å²) in [5.74, 6) is -0.0181. The minimum Gasteiger partial charge on any atom is -0.352 e. The Labute approximate surface area is 147 Å². The maximum atomic E-state index is 12.0. The fraction of sp³-hybridized carbons (Fsp3) is 0.368. The van der Waals surface area contributed by atoms with Crippen molar-refractivity contribution in [1.29, 1.82) is 0 Å². The molecule has 0 saturated carbocycles. The summed E-state index contributed by atoms with van der Waals surface area (Å²) in [5, 5.41) is 9.94. The summed E-state index contributed by atoms with van der Waals surface area (Å²) in [6, 6.07) is 9.56. The van der Waals surface area contributed by atoms with Crippen molar-refractivity contribution in [3.63, 3.8) is 0 Å². The maximum Gasteiger partial charge on any atom is 0.251 e. The number of amides is 2. The highest BCUT2D eigenvalue weighted by molar-refractivity contribution is 7.07. The van der Waals surface area contributed by atoms with Gasteiger partial charge in [-0.2, -0.15) is 11.3 Å². The molecule has 2 N–H and O–H groups in total. The SMILES string of the molecule is CCC(C)NC(=O)c1ccc(CNC(=O)CCc2ccsc2)cc1. The minimum atomic E-state index is -0.0595. The summed E-state index contributed by atoms with van der Waals surface area (Å²) in [5.41, 5.74) is 2.83. The van der Waals surface area contributed by atoms with Gasteiger partial charge in [0.15, 0.2) is 0 Å². The Morgan fingerprint density at radius 1 is 1.12 bits per heavy atom. The van der Waals surface area contributed by atoms with Gasteiger partial charge in [-0.25, -0.2) is 0 Å². The summed E-state index contributed by atoms with van der Waals surface area (Å²) in [4.78, 5) is 23.9. The Bertz CT molecular complexity index is 651. The van der Waals surface area contributed by atoms with E-state index in [1.54, 1.807) is 23.5 Å². The monoisotopic (exact) mass is 344 g/mol. The first-order chi connectivity index (χ1) is 11.6. The smallest absolute Gasteiger partial charge is 0.251 e. The lowest BCUT2D eigenvalue weighted by molar-refractivity contribution is -0.121. The molecular weight excluding hydrogens is 320 g/mol. The molecule has 0 bridgehead atoms. The van der Waals surface area contributed by atoms with Gasteiger partial charge in [0.2, 0.25) is 5.91 Å². The van der Waals surface area contributed by atoms with E-state index in [-0.39, 0.29) is 17.9 Å². The van der Waals surface area contributed by atoms with Crippen LogP contribution in [0.5, 0.6) is 0 Å². The van der Waals surface area contributed by atoms with Crippen LogP contribution in [0.1, 0.15) is 48.2 Å². The molecule has 1 aromatic carbocycles. The van der Waals surface area contributed by atoms with Gasteiger partial charge in [0.1, 0.15) is 0 Å². The molecule has 0 saturated heterocycles. The van der Waals surface area contributed by atoms with Crippen LogP contribution in [0, 0.1) is 0 Å². The third-order valence-corrected chi connectivity index (χ3v) is 4.65. The predicted molar refractivity (Wildman–Crippen MR) is 98.1 cm³/mol. The lowest BCUT2D eigenvalue weighted by Gasteiger charge is -2.11. The van der Waals surface area contributed by atoms with Gasteiger partial charge in [-0.3, -0.25) is 9.59 Å². The van der Waals surface area contributed by atoms with Crippen molar-refractivity contribution in [3.8, 4) is 0 Å². The molecule has 1 atom stereocenters. The van der Waals surface area contributed by atoms with Gasteiger partial charge in [0.25, 0.3) is 5.91 Å². The van der Waals surface area contributed by atoms with Crippen LogP contribution in [-0.4, -0.2) is 17.9 Å². The molecule has 0 spiro atoms. The summed E-state index contributed by atoms with van der Waals surface area (Å²) >= 11 is 1.65. The molecule has 1 heterocycles. The Morgan fingerprint density at radius 2 is 1.88 bits per heavy atom. The van der Waals surface area contributed by atoms with Crippen LogP contribution in [0.15, 0.2) is 41.1 Å². The van der Waals surface area contributed by atoms with Gasteiger partial charge in [-0.15, -0.1) is 0 Å². The van der Waals surface area contributed by atoms with Crippen LogP contribution in [-0.2, 0) is 17.8 Å². The van der Waals surface area contributed by atoms with E-state index < -0.39 is 0 Å². The number of thiophene rings is 1. The molecule has 1 aromatic heterocycles. The third-order valence-electron chi connectivity index (χ3n) is 3.92. The molecule has 0 radical (unpaired) electrons. The van der Waals surface area contributed by atoms with Crippen molar-refractivity contribution in [2.75, 3.05) is 0 Å². The fourth-order valence-corrected chi connectivity index (χ4v) is 2.87. The lowest BCUT2D eigenvalue weighted by atomic mass is 10.1. The quantitative estimate of drug-likeness (QED) is 0.770. The third kappa shape index (κ3) is 5.81. The molecule has 128 valence electrons. The van der Waals surface area contributed by atoms with Crippen LogP contribution < -0.4 is 10.6 Å². The summed E-state index contributed by atoms with van der Waals surface area (Å²) < 4.78 is 0. The topological polar surface area (TPSA) is 58.2 Å². The number of hydrogen-bond acceptors (Lipinski definition) is 3. The highest BCUT2D eigenvalue weighted by atomic mass is 32.1. The number of hydrogen-bond donors (Lipinski definition) is 2. The maximum absolute atomic E-state index is 12.0.